The minimum absolute atomic E-state index is 0.00590. The zero-order chi connectivity index (χ0) is 32.5. The molecule has 46 heavy (non-hydrogen) atoms. The quantitative estimate of drug-likeness (QED) is 0.327. The number of carbonyl (C=O) groups excluding carboxylic acids is 2. The zero-order valence-corrected chi connectivity index (χ0v) is 27.4. The molecular weight excluding hydrogens is 580 g/mol. The fourth-order valence-electron chi connectivity index (χ4n) is 6.15. The molecule has 2 N–H and O–H groups in total. The van der Waals surface area contributed by atoms with Crippen molar-refractivity contribution in [3.8, 4) is 16.9 Å². The van der Waals surface area contributed by atoms with Crippen LogP contribution < -0.4 is 10.1 Å². The lowest BCUT2D eigenvalue weighted by molar-refractivity contribution is -0.134. The highest BCUT2D eigenvalue weighted by molar-refractivity contribution is 5.91. The molecule has 0 aromatic heterocycles. The first-order valence-electron chi connectivity index (χ1n) is 16.4. The third-order valence-corrected chi connectivity index (χ3v) is 8.96. The molecule has 0 aliphatic carbocycles. The molecule has 3 aromatic carbocycles. The lowest BCUT2D eigenvalue weighted by atomic mass is 10.0. The average Bonchev–Trinajstić information content (AvgIpc) is 3.11. The van der Waals surface area contributed by atoms with Crippen molar-refractivity contribution in [3.05, 3.63) is 83.9 Å². The van der Waals surface area contributed by atoms with Crippen molar-refractivity contribution in [3.63, 3.8) is 0 Å². The summed E-state index contributed by atoms with van der Waals surface area (Å²) in [6.07, 6.45) is 0.302. The molecule has 5 rings (SSSR count). The second kappa shape index (κ2) is 16.2. The molecule has 0 unspecified atom stereocenters. The van der Waals surface area contributed by atoms with E-state index in [1.807, 2.05) is 43.3 Å². The first-order chi connectivity index (χ1) is 22.3. The van der Waals surface area contributed by atoms with Crippen molar-refractivity contribution >= 4 is 17.5 Å². The minimum atomic E-state index is -0.318. The molecular formula is C37H48N4O5. The molecule has 9 nitrogen and oxygen atoms in total. The molecule has 0 saturated carbocycles. The van der Waals surface area contributed by atoms with E-state index in [9.17, 15) is 14.7 Å². The van der Waals surface area contributed by atoms with E-state index >= 15 is 0 Å². The summed E-state index contributed by atoms with van der Waals surface area (Å²) in [7, 11) is 2.09. The standard InChI is InChI=1S/C37H48N4O5/c1-27-23-41(28(2)26-42)37(44)22-32-21-33(38-36(43)15-16-40-17-19-45-20-18-40)13-14-34(32)46-35(27)25-39(3)24-29-9-11-31(12-10-29)30-7-5-4-6-8-30/h4-14,21,27-28,35,42H,15-20,22-26H2,1-3H3,(H,38,43)/t27-,28+,35-/m1/s1. The SMILES string of the molecule is C[C@@H]1CN([C@@H](C)CO)C(=O)Cc2cc(NC(=O)CCN3CCOCC3)ccc2O[C@@H]1CN(C)Cc1ccc(-c2ccccc2)cc1. The molecule has 0 radical (unpaired) electrons. The molecule has 246 valence electrons. The van der Waals surface area contributed by atoms with Gasteiger partial charge in [-0.3, -0.25) is 19.4 Å². The van der Waals surface area contributed by atoms with Crippen molar-refractivity contribution in [2.24, 2.45) is 5.92 Å². The number of hydrogen-bond acceptors (Lipinski definition) is 7. The summed E-state index contributed by atoms with van der Waals surface area (Å²) in [6.45, 7) is 9.48. The summed E-state index contributed by atoms with van der Waals surface area (Å²) in [4.78, 5) is 32.6. The number of nitrogens with zero attached hydrogens (tertiary/aromatic N) is 3. The number of benzene rings is 3. The highest BCUT2D eigenvalue weighted by Gasteiger charge is 2.31. The van der Waals surface area contributed by atoms with Crippen LogP contribution in [0.3, 0.4) is 0 Å². The Bertz CT molecular complexity index is 1430. The number of amides is 2. The van der Waals surface area contributed by atoms with Gasteiger partial charge in [0.2, 0.25) is 11.8 Å². The van der Waals surface area contributed by atoms with Crippen molar-refractivity contribution in [1.82, 2.24) is 14.7 Å². The van der Waals surface area contributed by atoms with E-state index in [0.717, 1.165) is 25.2 Å². The Morgan fingerprint density at radius 2 is 1.76 bits per heavy atom. The molecule has 2 aliphatic rings. The second-order valence-electron chi connectivity index (χ2n) is 12.7. The smallest absolute Gasteiger partial charge is 0.227 e. The lowest BCUT2D eigenvalue weighted by Gasteiger charge is -2.34. The lowest BCUT2D eigenvalue weighted by Crippen LogP contribution is -2.47. The molecule has 1 saturated heterocycles. The van der Waals surface area contributed by atoms with E-state index in [2.05, 4.69) is 65.5 Å². The van der Waals surface area contributed by atoms with Gasteiger partial charge in [0.05, 0.1) is 32.3 Å². The van der Waals surface area contributed by atoms with Crippen LogP contribution in [0.4, 0.5) is 5.69 Å². The van der Waals surface area contributed by atoms with Gasteiger partial charge in [0.25, 0.3) is 0 Å². The van der Waals surface area contributed by atoms with E-state index < -0.39 is 0 Å². The van der Waals surface area contributed by atoms with Gasteiger partial charge in [-0.05, 0) is 48.9 Å². The summed E-state index contributed by atoms with van der Waals surface area (Å²) in [5, 5.41) is 13.0. The number of ether oxygens (including phenoxy) is 2. The molecule has 3 aromatic rings. The number of nitrogens with one attached hydrogen (secondary N) is 1. The normalized spacial score (nSPS) is 19.8. The van der Waals surface area contributed by atoms with E-state index in [0.29, 0.717) is 50.7 Å². The van der Waals surface area contributed by atoms with Gasteiger partial charge < -0.3 is 24.8 Å². The number of fused-ring (bicyclic) bond motifs is 1. The second-order valence-corrected chi connectivity index (χ2v) is 12.7. The Balaban J connectivity index is 1.29. The van der Waals surface area contributed by atoms with Crippen LogP contribution in [0, 0.1) is 5.92 Å². The van der Waals surface area contributed by atoms with Gasteiger partial charge in [-0.1, -0.05) is 61.5 Å². The maximum Gasteiger partial charge on any atom is 0.227 e. The van der Waals surface area contributed by atoms with Crippen LogP contribution in [0.2, 0.25) is 0 Å². The summed E-state index contributed by atoms with van der Waals surface area (Å²) >= 11 is 0. The van der Waals surface area contributed by atoms with Crippen LogP contribution >= 0.6 is 0 Å². The molecule has 0 bridgehead atoms. The Morgan fingerprint density at radius 3 is 2.48 bits per heavy atom. The highest BCUT2D eigenvalue weighted by Crippen LogP contribution is 2.29. The first-order valence-corrected chi connectivity index (χ1v) is 16.4. The van der Waals surface area contributed by atoms with E-state index in [4.69, 9.17) is 9.47 Å². The Hall–Kier alpha value is -3.76. The fraction of sp³-hybridized carbons (Fsp3) is 0.459. The molecule has 2 heterocycles. The van der Waals surface area contributed by atoms with Crippen molar-refractivity contribution in [2.45, 2.75) is 45.4 Å². The number of morpholine rings is 1. The number of rotatable bonds is 11. The Morgan fingerprint density at radius 1 is 1.04 bits per heavy atom. The number of likely N-dealkylation sites (N-methyl/N-ethyl adjacent to an activating group) is 1. The number of anilines is 1. The molecule has 9 heteroatoms. The highest BCUT2D eigenvalue weighted by atomic mass is 16.5. The predicted octanol–water partition coefficient (Wildman–Crippen LogP) is 4.30. The number of aliphatic hydroxyl groups is 1. The van der Waals surface area contributed by atoms with Crippen LogP contribution in [0.1, 0.15) is 31.4 Å². The molecule has 1 fully saturated rings. The topological polar surface area (TPSA) is 94.6 Å². The first kappa shape index (κ1) is 33.6. The third kappa shape index (κ3) is 9.16. The number of aliphatic hydroxyl groups excluding tert-OH is 1. The molecule has 2 amide bonds. The molecule has 3 atom stereocenters. The van der Waals surface area contributed by atoms with Crippen LogP contribution in [0.25, 0.3) is 11.1 Å². The number of hydrogen-bond donors (Lipinski definition) is 2. The van der Waals surface area contributed by atoms with Crippen LogP contribution in [-0.4, -0.2) is 103 Å². The van der Waals surface area contributed by atoms with Crippen molar-refractivity contribution in [2.75, 3.05) is 64.9 Å². The monoisotopic (exact) mass is 628 g/mol. The summed E-state index contributed by atoms with van der Waals surface area (Å²) < 4.78 is 12.1. The minimum Gasteiger partial charge on any atom is -0.488 e. The van der Waals surface area contributed by atoms with Gasteiger partial charge in [0, 0.05) is 62.9 Å². The van der Waals surface area contributed by atoms with E-state index in [1.54, 1.807) is 4.90 Å². The largest absolute Gasteiger partial charge is 0.488 e. The van der Waals surface area contributed by atoms with Gasteiger partial charge in [-0.2, -0.15) is 0 Å². The maximum atomic E-state index is 13.6. The van der Waals surface area contributed by atoms with Gasteiger partial charge in [-0.15, -0.1) is 0 Å². The third-order valence-electron chi connectivity index (χ3n) is 8.96. The Kier molecular flexibility index (Phi) is 11.8. The van der Waals surface area contributed by atoms with Crippen LogP contribution in [-0.2, 0) is 27.3 Å². The predicted molar refractivity (Wildman–Crippen MR) is 181 cm³/mol. The molecule has 2 aliphatic heterocycles. The summed E-state index contributed by atoms with van der Waals surface area (Å²) in [6, 6.07) is 24.3. The Labute approximate surface area is 273 Å². The van der Waals surface area contributed by atoms with E-state index in [-0.39, 0.29) is 42.9 Å². The van der Waals surface area contributed by atoms with Gasteiger partial charge in [0.15, 0.2) is 0 Å². The van der Waals surface area contributed by atoms with E-state index in [1.165, 1.54) is 16.7 Å². The maximum absolute atomic E-state index is 13.6. The van der Waals surface area contributed by atoms with Crippen molar-refractivity contribution < 1.29 is 24.2 Å². The average molecular weight is 629 g/mol. The summed E-state index contributed by atoms with van der Waals surface area (Å²) in [5.74, 6) is 0.519. The van der Waals surface area contributed by atoms with Crippen LogP contribution in [0.15, 0.2) is 72.8 Å². The zero-order valence-electron chi connectivity index (χ0n) is 27.4. The summed E-state index contributed by atoms with van der Waals surface area (Å²) in [5.41, 5.74) is 4.96. The van der Waals surface area contributed by atoms with Gasteiger partial charge in [-0.25, -0.2) is 0 Å². The van der Waals surface area contributed by atoms with Gasteiger partial charge in [0.1, 0.15) is 11.9 Å². The number of carbonyl (C=O) groups is 2. The molecule has 0 spiro atoms. The fourth-order valence-corrected chi connectivity index (χ4v) is 6.15. The van der Waals surface area contributed by atoms with Gasteiger partial charge >= 0.3 is 0 Å². The van der Waals surface area contributed by atoms with Crippen molar-refractivity contribution in [1.29, 1.82) is 0 Å². The van der Waals surface area contributed by atoms with Crippen LogP contribution in [0.5, 0.6) is 5.75 Å².